The maximum absolute atomic E-state index is 12.7. The zero-order valence-electron chi connectivity index (χ0n) is 16.5. The fourth-order valence-corrected chi connectivity index (χ4v) is 3.10. The molecule has 0 spiro atoms. The number of hydrogen-bond acceptors (Lipinski definition) is 7. The highest BCUT2D eigenvalue weighted by Gasteiger charge is 2.28. The van der Waals surface area contributed by atoms with E-state index >= 15 is 0 Å². The molecule has 0 saturated carbocycles. The maximum Gasteiger partial charge on any atom is 0.322 e. The van der Waals surface area contributed by atoms with Gasteiger partial charge >= 0.3 is 5.97 Å². The van der Waals surface area contributed by atoms with Gasteiger partial charge in [-0.1, -0.05) is 18.2 Å². The number of carboxylic acid groups (broad SMARTS) is 1. The van der Waals surface area contributed by atoms with E-state index in [1.54, 1.807) is 6.20 Å². The standard InChI is InChI=1S/C19H25N5O6S/c20-12(8-25)17(28)24-15(9-31)19(30)23-14(18(29)22-7-16(26)27)5-10-6-21-13-4-2-1-3-11(10)13/h1-4,6,12,14-15,21,25,31H,5,7-9,20H2,(H,22,29)(H,23,30)(H,24,28)(H,26,27). The number of aromatic nitrogens is 1. The Morgan fingerprint density at radius 2 is 1.74 bits per heavy atom. The molecule has 3 unspecified atom stereocenters. The van der Waals surface area contributed by atoms with E-state index in [-0.39, 0.29) is 12.2 Å². The lowest BCUT2D eigenvalue weighted by Gasteiger charge is -2.23. The molecule has 1 aromatic heterocycles. The Kier molecular flexibility index (Phi) is 8.85. The summed E-state index contributed by atoms with van der Waals surface area (Å²) in [6, 6.07) is 3.93. The lowest BCUT2D eigenvalue weighted by Crippen LogP contribution is -2.57. The first-order valence-corrected chi connectivity index (χ1v) is 10.0. The quantitative estimate of drug-likeness (QED) is 0.184. The summed E-state index contributed by atoms with van der Waals surface area (Å²) in [6.07, 6.45) is 1.77. The summed E-state index contributed by atoms with van der Waals surface area (Å²) in [5, 5.41) is 25.8. The van der Waals surface area contributed by atoms with Crippen LogP contribution in [0.3, 0.4) is 0 Å². The first-order chi connectivity index (χ1) is 14.8. The van der Waals surface area contributed by atoms with Crippen molar-refractivity contribution in [1.29, 1.82) is 0 Å². The van der Waals surface area contributed by atoms with Crippen molar-refractivity contribution in [2.24, 2.45) is 5.73 Å². The minimum atomic E-state index is -1.23. The minimum absolute atomic E-state index is 0.0740. The van der Waals surface area contributed by atoms with Crippen LogP contribution >= 0.6 is 12.6 Å². The molecule has 0 aliphatic carbocycles. The van der Waals surface area contributed by atoms with Gasteiger partial charge in [-0.15, -0.1) is 0 Å². The van der Waals surface area contributed by atoms with Crippen LogP contribution < -0.4 is 21.7 Å². The highest BCUT2D eigenvalue weighted by molar-refractivity contribution is 7.80. The van der Waals surface area contributed by atoms with Crippen molar-refractivity contribution in [1.82, 2.24) is 20.9 Å². The fourth-order valence-electron chi connectivity index (χ4n) is 2.84. The fraction of sp³-hybridized carbons (Fsp3) is 0.368. The van der Waals surface area contributed by atoms with E-state index in [1.807, 2.05) is 24.3 Å². The van der Waals surface area contributed by atoms with E-state index in [2.05, 4.69) is 33.6 Å². The van der Waals surface area contributed by atoms with Crippen LogP contribution in [0.25, 0.3) is 10.9 Å². The van der Waals surface area contributed by atoms with Crippen molar-refractivity contribution in [2.75, 3.05) is 18.9 Å². The number of benzene rings is 1. The lowest BCUT2D eigenvalue weighted by molar-refractivity contribution is -0.138. The molecule has 2 rings (SSSR count). The summed E-state index contributed by atoms with van der Waals surface area (Å²) < 4.78 is 0. The van der Waals surface area contributed by atoms with Crippen molar-refractivity contribution in [3.63, 3.8) is 0 Å². The molecular formula is C19H25N5O6S. The molecule has 11 nitrogen and oxygen atoms in total. The van der Waals surface area contributed by atoms with Gasteiger partial charge in [-0.25, -0.2) is 0 Å². The summed E-state index contributed by atoms with van der Waals surface area (Å²) in [5.74, 6) is -3.47. The first kappa shape index (κ1) is 24.2. The number of rotatable bonds is 11. The maximum atomic E-state index is 12.7. The van der Waals surface area contributed by atoms with E-state index in [0.717, 1.165) is 16.5 Å². The number of thiol groups is 1. The third-order valence-corrected chi connectivity index (χ3v) is 4.86. The van der Waals surface area contributed by atoms with Crippen LogP contribution in [-0.4, -0.2) is 75.9 Å². The molecule has 2 aromatic rings. The number of carbonyl (C=O) groups is 4. The number of nitrogens with one attached hydrogen (secondary N) is 4. The van der Waals surface area contributed by atoms with Gasteiger partial charge in [0.2, 0.25) is 17.7 Å². The second-order valence-electron chi connectivity index (χ2n) is 6.77. The number of aliphatic carboxylic acids is 1. The number of carboxylic acids is 1. The second kappa shape index (κ2) is 11.3. The summed E-state index contributed by atoms with van der Waals surface area (Å²) in [4.78, 5) is 51.0. The summed E-state index contributed by atoms with van der Waals surface area (Å²) in [5.41, 5.74) is 7.01. The first-order valence-electron chi connectivity index (χ1n) is 9.39. The molecule has 12 heteroatoms. The lowest BCUT2D eigenvalue weighted by atomic mass is 10.0. The van der Waals surface area contributed by atoms with Gasteiger partial charge in [0.15, 0.2) is 0 Å². The number of fused-ring (bicyclic) bond motifs is 1. The topological polar surface area (TPSA) is 187 Å². The van der Waals surface area contributed by atoms with Crippen LogP contribution in [0.5, 0.6) is 0 Å². The molecule has 0 saturated heterocycles. The second-order valence-corrected chi connectivity index (χ2v) is 7.13. The molecule has 1 aromatic carbocycles. The molecule has 0 fully saturated rings. The molecule has 3 amide bonds. The molecule has 168 valence electrons. The highest BCUT2D eigenvalue weighted by Crippen LogP contribution is 2.19. The van der Waals surface area contributed by atoms with Crippen LogP contribution in [0.1, 0.15) is 5.56 Å². The minimum Gasteiger partial charge on any atom is -0.480 e. The van der Waals surface area contributed by atoms with Gasteiger partial charge in [0.1, 0.15) is 24.7 Å². The average Bonchev–Trinajstić information content (AvgIpc) is 3.17. The molecule has 3 atom stereocenters. The van der Waals surface area contributed by atoms with Crippen molar-refractivity contribution in [2.45, 2.75) is 24.5 Å². The normalized spacial score (nSPS) is 13.8. The summed E-state index contributed by atoms with van der Waals surface area (Å²) in [7, 11) is 0. The van der Waals surface area contributed by atoms with E-state index in [0.29, 0.717) is 0 Å². The molecule has 31 heavy (non-hydrogen) atoms. The average molecular weight is 452 g/mol. The predicted molar refractivity (Wildman–Crippen MR) is 115 cm³/mol. The van der Waals surface area contributed by atoms with Crippen LogP contribution in [0.4, 0.5) is 0 Å². The third-order valence-electron chi connectivity index (χ3n) is 4.49. The number of H-pyrrole nitrogens is 1. The van der Waals surface area contributed by atoms with Gasteiger partial charge in [-0.2, -0.15) is 12.6 Å². The van der Waals surface area contributed by atoms with Crippen LogP contribution in [0, 0.1) is 0 Å². The molecule has 0 aliphatic heterocycles. The van der Waals surface area contributed by atoms with Gasteiger partial charge in [-0.3, -0.25) is 19.2 Å². The Bertz CT molecular complexity index is 949. The van der Waals surface area contributed by atoms with Gasteiger partial charge in [0.05, 0.1) is 6.61 Å². The van der Waals surface area contributed by atoms with Crippen molar-refractivity contribution >= 4 is 47.2 Å². The number of hydrogen-bond donors (Lipinski definition) is 8. The van der Waals surface area contributed by atoms with Crippen molar-refractivity contribution in [3.05, 3.63) is 36.0 Å². The summed E-state index contributed by atoms with van der Waals surface area (Å²) in [6.45, 7) is -1.22. The monoisotopic (exact) mass is 451 g/mol. The smallest absolute Gasteiger partial charge is 0.322 e. The van der Waals surface area contributed by atoms with E-state index in [9.17, 15) is 19.2 Å². The van der Waals surface area contributed by atoms with E-state index < -0.39 is 55.0 Å². The number of nitrogens with two attached hydrogens (primary N) is 1. The van der Waals surface area contributed by atoms with Gasteiger partial charge in [0, 0.05) is 29.3 Å². The van der Waals surface area contributed by atoms with E-state index in [4.69, 9.17) is 15.9 Å². The molecule has 0 aliphatic rings. The molecular weight excluding hydrogens is 426 g/mol. The number of carbonyl (C=O) groups excluding carboxylic acids is 3. The Hall–Kier alpha value is -3.09. The van der Waals surface area contributed by atoms with Gasteiger partial charge < -0.3 is 36.9 Å². The van der Waals surface area contributed by atoms with E-state index in [1.165, 1.54) is 0 Å². The van der Waals surface area contributed by atoms with Crippen LogP contribution in [0.15, 0.2) is 30.5 Å². The Morgan fingerprint density at radius 3 is 2.39 bits per heavy atom. The molecule has 8 N–H and O–H groups in total. The number of aliphatic hydroxyl groups excluding tert-OH is 1. The highest BCUT2D eigenvalue weighted by atomic mass is 32.1. The number of aliphatic hydroxyl groups is 1. The number of aromatic amines is 1. The van der Waals surface area contributed by atoms with Crippen molar-refractivity contribution < 1.29 is 29.4 Å². The van der Waals surface area contributed by atoms with Crippen LogP contribution in [0.2, 0.25) is 0 Å². The van der Waals surface area contributed by atoms with Gasteiger partial charge in [-0.05, 0) is 11.6 Å². The van der Waals surface area contributed by atoms with Crippen molar-refractivity contribution in [3.8, 4) is 0 Å². The Labute approximate surface area is 183 Å². The third kappa shape index (κ3) is 6.70. The largest absolute Gasteiger partial charge is 0.480 e. The molecule has 0 bridgehead atoms. The Morgan fingerprint density at radius 1 is 1.06 bits per heavy atom. The Balaban J connectivity index is 2.19. The van der Waals surface area contributed by atoms with Crippen LogP contribution in [-0.2, 0) is 25.6 Å². The number of para-hydroxylation sites is 1. The SMILES string of the molecule is NC(CO)C(=O)NC(CS)C(=O)NC(Cc1c[nH]c2ccccc12)C(=O)NCC(=O)O. The zero-order chi connectivity index (χ0) is 23.0. The summed E-state index contributed by atoms with van der Waals surface area (Å²) >= 11 is 4.04. The molecule has 1 heterocycles. The zero-order valence-corrected chi connectivity index (χ0v) is 17.4. The predicted octanol–water partition coefficient (Wildman–Crippen LogP) is -1.87. The number of amides is 3. The van der Waals surface area contributed by atoms with Gasteiger partial charge in [0.25, 0.3) is 0 Å². The molecule has 0 radical (unpaired) electrons.